The van der Waals surface area contributed by atoms with Gasteiger partial charge in [-0.3, -0.25) is 4.90 Å². The summed E-state index contributed by atoms with van der Waals surface area (Å²) < 4.78 is 78.6. The van der Waals surface area contributed by atoms with E-state index in [0.29, 0.717) is 38.2 Å². The van der Waals surface area contributed by atoms with Crippen LogP contribution in [0.25, 0.3) is 0 Å². The SMILES string of the molecule is C=C(C)C[C@H](c1cc(C(F)(F)F)cc(C(F)(F)F)c1)N1CCNCC1. The second-order valence-electron chi connectivity index (χ2n) is 6.30. The first-order valence-electron chi connectivity index (χ1n) is 7.87. The number of nitrogens with zero attached hydrogens (tertiary/aromatic N) is 1. The molecule has 1 aliphatic rings. The van der Waals surface area contributed by atoms with Crippen molar-refractivity contribution in [3.05, 3.63) is 47.0 Å². The molecule has 25 heavy (non-hydrogen) atoms. The number of hydrogen-bond acceptors (Lipinski definition) is 2. The van der Waals surface area contributed by atoms with E-state index >= 15 is 0 Å². The summed E-state index contributed by atoms with van der Waals surface area (Å²) in [6.45, 7) is 7.86. The lowest BCUT2D eigenvalue weighted by atomic mass is 9.94. The molecule has 1 aromatic rings. The molecule has 0 amide bonds. The van der Waals surface area contributed by atoms with Crippen LogP contribution in [0, 0.1) is 0 Å². The van der Waals surface area contributed by atoms with Gasteiger partial charge >= 0.3 is 12.4 Å². The summed E-state index contributed by atoms with van der Waals surface area (Å²) in [5.41, 5.74) is -1.83. The number of piperazine rings is 1. The van der Waals surface area contributed by atoms with Gasteiger partial charge in [0.15, 0.2) is 0 Å². The van der Waals surface area contributed by atoms with E-state index in [0.717, 1.165) is 12.1 Å². The van der Waals surface area contributed by atoms with E-state index in [1.807, 2.05) is 4.90 Å². The maximum absolute atomic E-state index is 13.1. The average molecular weight is 366 g/mol. The lowest BCUT2D eigenvalue weighted by Crippen LogP contribution is -2.45. The lowest BCUT2D eigenvalue weighted by Gasteiger charge is -2.36. The number of rotatable bonds is 4. The Morgan fingerprint density at radius 3 is 1.92 bits per heavy atom. The van der Waals surface area contributed by atoms with Crippen molar-refractivity contribution < 1.29 is 26.3 Å². The monoisotopic (exact) mass is 366 g/mol. The van der Waals surface area contributed by atoms with Gasteiger partial charge in [0.2, 0.25) is 0 Å². The Morgan fingerprint density at radius 2 is 1.52 bits per heavy atom. The van der Waals surface area contributed by atoms with Crippen LogP contribution in [0.2, 0.25) is 0 Å². The molecule has 0 aliphatic carbocycles. The van der Waals surface area contributed by atoms with Crippen molar-refractivity contribution in [3.63, 3.8) is 0 Å². The second kappa shape index (κ2) is 7.37. The standard InChI is InChI=1S/C17H20F6N2/c1-11(2)7-15(25-5-3-24-4-6-25)12-8-13(16(18,19)20)10-14(9-12)17(21,22)23/h8-10,15,24H,1,3-7H2,2H3/t15-/m1/s1. The molecule has 0 radical (unpaired) electrons. The molecule has 1 heterocycles. The molecular weight excluding hydrogens is 346 g/mol. The summed E-state index contributed by atoms with van der Waals surface area (Å²) in [4.78, 5) is 1.90. The smallest absolute Gasteiger partial charge is 0.314 e. The number of hydrogen-bond donors (Lipinski definition) is 1. The molecule has 140 valence electrons. The van der Waals surface area contributed by atoms with Crippen LogP contribution in [0.5, 0.6) is 0 Å². The zero-order chi connectivity index (χ0) is 18.8. The molecule has 1 aliphatic heterocycles. The third-order valence-corrected chi connectivity index (χ3v) is 4.13. The maximum Gasteiger partial charge on any atom is 0.416 e. The predicted molar refractivity (Wildman–Crippen MR) is 83.1 cm³/mol. The highest BCUT2D eigenvalue weighted by Gasteiger charge is 2.38. The van der Waals surface area contributed by atoms with Gasteiger partial charge in [-0.05, 0) is 37.1 Å². The van der Waals surface area contributed by atoms with Crippen molar-refractivity contribution >= 4 is 0 Å². The minimum atomic E-state index is -4.84. The van der Waals surface area contributed by atoms with Crippen LogP contribution in [-0.2, 0) is 12.4 Å². The molecule has 1 saturated heterocycles. The van der Waals surface area contributed by atoms with Crippen LogP contribution in [-0.4, -0.2) is 31.1 Å². The molecule has 0 bridgehead atoms. The highest BCUT2D eigenvalue weighted by atomic mass is 19.4. The van der Waals surface area contributed by atoms with Crippen molar-refractivity contribution in [1.82, 2.24) is 10.2 Å². The fraction of sp³-hybridized carbons (Fsp3) is 0.529. The van der Waals surface area contributed by atoms with Gasteiger partial charge in [0.05, 0.1) is 11.1 Å². The molecule has 0 aromatic heterocycles. The molecule has 8 heteroatoms. The van der Waals surface area contributed by atoms with Crippen molar-refractivity contribution in [3.8, 4) is 0 Å². The average Bonchev–Trinajstić information content (AvgIpc) is 2.51. The normalized spacial score (nSPS) is 18.2. The van der Waals surface area contributed by atoms with Gasteiger partial charge < -0.3 is 5.32 Å². The Kier molecular flexibility index (Phi) is 5.83. The molecule has 1 aromatic carbocycles. The fourth-order valence-corrected chi connectivity index (χ4v) is 2.95. The topological polar surface area (TPSA) is 15.3 Å². The van der Waals surface area contributed by atoms with E-state index in [1.165, 1.54) is 0 Å². The summed E-state index contributed by atoms with van der Waals surface area (Å²) >= 11 is 0. The van der Waals surface area contributed by atoms with E-state index in [1.54, 1.807) is 6.92 Å². The van der Waals surface area contributed by atoms with Crippen molar-refractivity contribution in [2.75, 3.05) is 26.2 Å². The molecule has 0 saturated carbocycles. The van der Waals surface area contributed by atoms with Crippen LogP contribution in [0.1, 0.15) is 36.1 Å². The second-order valence-corrected chi connectivity index (χ2v) is 6.30. The van der Waals surface area contributed by atoms with E-state index < -0.39 is 29.5 Å². The maximum atomic E-state index is 13.1. The largest absolute Gasteiger partial charge is 0.416 e. The van der Waals surface area contributed by atoms with Crippen LogP contribution in [0.3, 0.4) is 0 Å². The molecule has 2 nitrogen and oxygen atoms in total. The number of benzene rings is 1. The Labute approximate surface area is 142 Å². The van der Waals surface area contributed by atoms with Gasteiger partial charge in [-0.2, -0.15) is 26.3 Å². The quantitative estimate of drug-likeness (QED) is 0.617. The lowest BCUT2D eigenvalue weighted by molar-refractivity contribution is -0.143. The molecular formula is C17H20F6N2. The highest BCUT2D eigenvalue weighted by Crippen LogP contribution is 2.39. The summed E-state index contributed by atoms with van der Waals surface area (Å²) in [5, 5.41) is 3.12. The van der Waals surface area contributed by atoms with E-state index in [-0.39, 0.29) is 11.6 Å². The Morgan fingerprint density at radius 1 is 1.04 bits per heavy atom. The van der Waals surface area contributed by atoms with Gasteiger partial charge in [-0.25, -0.2) is 0 Å². The predicted octanol–water partition coefficient (Wildman–Crippen LogP) is 4.64. The molecule has 1 atom stereocenters. The zero-order valence-electron chi connectivity index (χ0n) is 13.8. The van der Waals surface area contributed by atoms with Gasteiger partial charge in [0.1, 0.15) is 0 Å². The molecule has 0 unspecified atom stereocenters. The van der Waals surface area contributed by atoms with Crippen molar-refractivity contribution in [1.29, 1.82) is 0 Å². The molecule has 0 spiro atoms. The number of nitrogens with one attached hydrogen (secondary N) is 1. The zero-order valence-corrected chi connectivity index (χ0v) is 13.8. The first kappa shape index (κ1) is 19.8. The van der Waals surface area contributed by atoms with Gasteiger partial charge in [0.25, 0.3) is 0 Å². The summed E-state index contributed by atoms with van der Waals surface area (Å²) in [5.74, 6) is 0. The number of alkyl halides is 6. The van der Waals surface area contributed by atoms with Crippen LogP contribution in [0.4, 0.5) is 26.3 Å². The Hall–Kier alpha value is -1.54. The van der Waals surface area contributed by atoms with Crippen LogP contribution in [0.15, 0.2) is 30.4 Å². The van der Waals surface area contributed by atoms with E-state index in [4.69, 9.17) is 0 Å². The van der Waals surface area contributed by atoms with E-state index in [2.05, 4.69) is 11.9 Å². The van der Waals surface area contributed by atoms with Crippen molar-refractivity contribution in [2.45, 2.75) is 31.7 Å². The third kappa shape index (κ3) is 5.22. The summed E-state index contributed by atoms with van der Waals surface area (Å²) in [6, 6.07) is 1.25. The van der Waals surface area contributed by atoms with Crippen LogP contribution >= 0.6 is 0 Å². The number of halogens is 6. The van der Waals surface area contributed by atoms with Crippen molar-refractivity contribution in [2.24, 2.45) is 0 Å². The van der Waals surface area contributed by atoms with E-state index in [9.17, 15) is 26.3 Å². The first-order chi connectivity index (χ1) is 11.5. The van der Waals surface area contributed by atoms with Gasteiger partial charge in [0, 0.05) is 32.2 Å². The van der Waals surface area contributed by atoms with Gasteiger partial charge in [-0.15, -0.1) is 6.58 Å². The minimum absolute atomic E-state index is 0.0204. The molecule has 2 rings (SSSR count). The first-order valence-corrected chi connectivity index (χ1v) is 7.87. The Bertz CT molecular complexity index is 582. The summed E-state index contributed by atoms with van der Waals surface area (Å²) in [7, 11) is 0. The molecule has 1 fully saturated rings. The fourth-order valence-electron chi connectivity index (χ4n) is 2.95. The highest BCUT2D eigenvalue weighted by molar-refractivity contribution is 5.36. The van der Waals surface area contributed by atoms with Crippen LogP contribution < -0.4 is 5.32 Å². The minimum Gasteiger partial charge on any atom is -0.314 e. The Balaban J connectivity index is 2.52. The molecule has 1 N–H and O–H groups in total. The van der Waals surface area contributed by atoms with Gasteiger partial charge in [-0.1, -0.05) is 5.57 Å². The summed E-state index contributed by atoms with van der Waals surface area (Å²) in [6.07, 6.45) is -9.38. The third-order valence-electron chi connectivity index (χ3n) is 4.13.